The summed E-state index contributed by atoms with van der Waals surface area (Å²) < 4.78 is 5.60. The van der Waals surface area contributed by atoms with Crippen molar-refractivity contribution in [3.8, 4) is 5.75 Å². The van der Waals surface area contributed by atoms with Gasteiger partial charge in [-0.2, -0.15) is 0 Å². The minimum Gasteiger partial charge on any atom is -0.480 e. The molecule has 1 aromatic carbocycles. The quantitative estimate of drug-likeness (QED) is 0.916. The Kier molecular flexibility index (Phi) is 3.09. The average Bonchev–Trinajstić information content (AvgIpc) is 2.85. The highest BCUT2D eigenvalue weighted by molar-refractivity contribution is 6.30. The van der Waals surface area contributed by atoms with Crippen molar-refractivity contribution in [2.45, 2.75) is 12.5 Å². The van der Waals surface area contributed by atoms with Crippen LogP contribution in [-0.4, -0.2) is 17.0 Å². The molecule has 2 heterocycles. The fourth-order valence-electron chi connectivity index (χ4n) is 1.98. The van der Waals surface area contributed by atoms with Crippen LogP contribution >= 0.6 is 11.6 Å². The van der Waals surface area contributed by atoms with Crippen LogP contribution in [0.15, 0.2) is 42.6 Å². The Balaban J connectivity index is 1.68. The highest BCUT2D eigenvalue weighted by atomic mass is 35.5. The Bertz CT molecular complexity index is 588. The van der Waals surface area contributed by atoms with Crippen LogP contribution in [0.2, 0.25) is 5.02 Å². The zero-order valence-corrected chi connectivity index (χ0v) is 10.7. The number of halogens is 1. The van der Waals surface area contributed by atoms with Crippen molar-refractivity contribution in [1.29, 1.82) is 0 Å². The lowest BCUT2D eigenvalue weighted by molar-refractivity contribution is -0.122. The van der Waals surface area contributed by atoms with Gasteiger partial charge < -0.3 is 10.1 Å². The van der Waals surface area contributed by atoms with Gasteiger partial charge >= 0.3 is 0 Å². The predicted octanol–water partition coefficient (Wildman–Crippen LogP) is 2.68. The van der Waals surface area contributed by atoms with Crippen molar-refractivity contribution in [1.82, 2.24) is 4.98 Å². The minimum atomic E-state index is -0.505. The lowest BCUT2D eigenvalue weighted by Crippen LogP contribution is -2.31. The van der Waals surface area contributed by atoms with E-state index < -0.39 is 6.10 Å². The van der Waals surface area contributed by atoms with Gasteiger partial charge in [0.05, 0.1) is 5.02 Å². The van der Waals surface area contributed by atoms with Gasteiger partial charge in [-0.1, -0.05) is 29.8 Å². The molecule has 4 nitrogen and oxygen atoms in total. The molecule has 0 bridgehead atoms. The molecule has 0 spiro atoms. The number of para-hydroxylation sites is 1. The summed E-state index contributed by atoms with van der Waals surface area (Å²) in [5.41, 5.74) is 1.05. The summed E-state index contributed by atoms with van der Waals surface area (Å²) in [6, 6.07) is 11.0. The molecule has 5 heteroatoms. The molecule has 1 atom stereocenters. The van der Waals surface area contributed by atoms with Gasteiger partial charge in [0.25, 0.3) is 5.91 Å². The predicted molar refractivity (Wildman–Crippen MR) is 72.4 cm³/mol. The summed E-state index contributed by atoms with van der Waals surface area (Å²) in [5, 5.41) is 3.24. The number of amides is 1. The number of carbonyl (C=O) groups excluding carboxylic acids is 1. The van der Waals surface area contributed by atoms with E-state index in [1.807, 2.05) is 24.3 Å². The standard InChI is InChI=1S/C14H11ClN2O2/c15-10-5-6-13(16-8-10)17-14(18)12-7-9-3-1-2-4-11(9)19-12/h1-6,8,12H,7H2,(H,16,17,18)/t12-/m0/s1. The van der Waals surface area contributed by atoms with Gasteiger partial charge in [-0.3, -0.25) is 4.79 Å². The largest absolute Gasteiger partial charge is 0.480 e. The van der Waals surface area contributed by atoms with Gasteiger partial charge in [0, 0.05) is 12.6 Å². The number of hydrogen-bond acceptors (Lipinski definition) is 3. The molecule has 0 saturated heterocycles. The zero-order valence-electron chi connectivity index (χ0n) is 9.97. The van der Waals surface area contributed by atoms with Crippen LogP contribution in [0.3, 0.4) is 0 Å². The summed E-state index contributed by atoms with van der Waals surface area (Å²) >= 11 is 5.74. The second-order valence-electron chi connectivity index (χ2n) is 4.27. The first-order valence-electron chi connectivity index (χ1n) is 5.89. The van der Waals surface area contributed by atoms with Gasteiger partial charge in [-0.05, 0) is 23.8 Å². The number of hydrogen-bond donors (Lipinski definition) is 1. The van der Waals surface area contributed by atoms with E-state index in [1.54, 1.807) is 12.1 Å². The van der Waals surface area contributed by atoms with Crippen LogP contribution in [-0.2, 0) is 11.2 Å². The highest BCUT2D eigenvalue weighted by Gasteiger charge is 2.28. The number of pyridine rings is 1. The summed E-state index contributed by atoms with van der Waals surface area (Å²) in [5.74, 6) is 1.03. The molecule has 0 aliphatic carbocycles. The molecule has 1 aromatic heterocycles. The van der Waals surface area contributed by atoms with Crippen molar-refractivity contribution in [3.05, 3.63) is 53.2 Å². The smallest absolute Gasteiger partial charge is 0.266 e. The van der Waals surface area contributed by atoms with E-state index in [0.717, 1.165) is 11.3 Å². The van der Waals surface area contributed by atoms with E-state index in [9.17, 15) is 4.79 Å². The third-order valence-corrected chi connectivity index (χ3v) is 3.14. The summed E-state index contributed by atoms with van der Waals surface area (Å²) in [4.78, 5) is 16.1. The van der Waals surface area contributed by atoms with Crippen LogP contribution in [0.5, 0.6) is 5.75 Å². The van der Waals surface area contributed by atoms with Gasteiger partial charge in [0.1, 0.15) is 11.6 Å². The molecule has 0 unspecified atom stereocenters. The number of fused-ring (bicyclic) bond motifs is 1. The summed E-state index contributed by atoms with van der Waals surface area (Å²) in [7, 11) is 0. The lowest BCUT2D eigenvalue weighted by Gasteiger charge is -2.10. The SMILES string of the molecule is O=C(Nc1ccc(Cl)cn1)[C@@H]1Cc2ccccc2O1. The normalized spacial score (nSPS) is 16.6. The molecule has 3 rings (SSSR count). The Morgan fingerprint density at radius 2 is 2.16 bits per heavy atom. The van der Waals surface area contributed by atoms with Crippen LogP contribution in [0.25, 0.3) is 0 Å². The maximum atomic E-state index is 12.1. The maximum absolute atomic E-state index is 12.1. The van der Waals surface area contributed by atoms with Crippen LogP contribution in [0, 0.1) is 0 Å². The summed E-state index contributed by atoms with van der Waals surface area (Å²) in [6.45, 7) is 0. The van der Waals surface area contributed by atoms with Crippen molar-refractivity contribution in [2.75, 3.05) is 5.32 Å². The molecule has 1 aliphatic heterocycles. The summed E-state index contributed by atoms with van der Waals surface area (Å²) in [6.07, 6.45) is 1.56. The first kappa shape index (κ1) is 12.0. The molecule has 1 aliphatic rings. The first-order chi connectivity index (χ1) is 9.22. The second kappa shape index (κ2) is 4.90. The Morgan fingerprint density at radius 3 is 2.89 bits per heavy atom. The minimum absolute atomic E-state index is 0.203. The number of nitrogens with zero attached hydrogens (tertiary/aromatic N) is 1. The fraction of sp³-hybridized carbons (Fsp3) is 0.143. The van der Waals surface area contributed by atoms with Gasteiger partial charge in [0.2, 0.25) is 0 Å². The monoisotopic (exact) mass is 274 g/mol. The van der Waals surface area contributed by atoms with Crippen LogP contribution in [0.1, 0.15) is 5.56 Å². The van der Waals surface area contributed by atoms with Crippen LogP contribution in [0.4, 0.5) is 5.82 Å². The molecule has 1 N–H and O–H groups in total. The number of benzene rings is 1. The van der Waals surface area contributed by atoms with E-state index in [4.69, 9.17) is 16.3 Å². The van der Waals surface area contributed by atoms with Gasteiger partial charge in [-0.25, -0.2) is 4.98 Å². The average molecular weight is 275 g/mol. The molecular formula is C14H11ClN2O2. The van der Waals surface area contributed by atoms with Gasteiger partial charge in [-0.15, -0.1) is 0 Å². The number of rotatable bonds is 2. The topological polar surface area (TPSA) is 51.2 Å². The van der Waals surface area contributed by atoms with Crippen molar-refractivity contribution < 1.29 is 9.53 Å². The van der Waals surface area contributed by atoms with E-state index in [-0.39, 0.29) is 5.91 Å². The van der Waals surface area contributed by atoms with Gasteiger partial charge in [0.15, 0.2) is 6.10 Å². The van der Waals surface area contributed by atoms with Crippen molar-refractivity contribution >= 4 is 23.3 Å². The Labute approximate surface area is 115 Å². The zero-order chi connectivity index (χ0) is 13.2. The number of nitrogens with one attached hydrogen (secondary N) is 1. The first-order valence-corrected chi connectivity index (χ1v) is 6.27. The number of carbonyl (C=O) groups is 1. The fourth-order valence-corrected chi connectivity index (χ4v) is 2.10. The highest BCUT2D eigenvalue weighted by Crippen LogP contribution is 2.28. The van der Waals surface area contributed by atoms with Crippen LogP contribution < -0.4 is 10.1 Å². The number of aromatic nitrogens is 1. The molecule has 96 valence electrons. The van der Waals surface area contributed by atoms with E-state index in [1.165, 1.54) is 6.20 Å². The molecule has 0 saturated carbocycles. The third kappa shape index (κ3) is 2.53. The maximum Gasteiger partial charge on any atom is 0.266 e. The molecule has 1 amide bonds. The molecule has 0 fully saturated rings. The molecule has 19 heavy (non-hydrogen) atoms. The molecule has 0 radical (unpaired) electrons. The lowest BCUT2D eigenvalue weighted by atomic mass is 10.1. The van der Waals surface area contributed by atoms with Crippen molar-refractivity contribution in [2.24, 2.45) is 0 Å². The van der Waals surface area contributed by atoms with E-state index in [0.29, 0.717) is 17.3 Å². The number of ether oxygens (including phenoxy) is 1. The third-order valence-electron chi connectivity index (χ3n) is 2.92. The number of anilines is 1. The Morgan fingerprint density at radius 1 is 1.32 bits per heavy atom. The van der Waals surface area contributed by atoms with E-state index in [2.05, 4.69) is 10.3 Å². The molecule has 2 aromatic rings. The molecular weight excluding hydrogens is 264 g/mol. The second-order valence-corrected chi connectivity index (χ2v) is 4.71. The van der Waals surface area contributed by atoms with Crippen molar-refractivity contribution in [3.63, 3.8) is 0 Å². The van der Waals surface area contributed by atoms with E-state index >= 15 is 0 Å². The Hall–Kier alpha value is -2.07.